The Bertz CT molecular complexity index is 610. The molecule has 2 nitrogen and oxygen atoms in total. The monoisotopic (exact) mass is 289 g/mol. The highest BCUT2D eigenvalue weighted by molar-refractivity contribution is 6.33. The van der Waals surface area contributed by atoms with Crippen molar-refractivity contribution in [2.24, 2.45) is 0 Å². The molecule has 0 radical (unpaired) electrons. The maximum atomic E-state index is 6.23. The molecule has 0 spiro atoms. The van der Waals surface area contributed by atoms with Gasteiger partial charge in [-0.25, -0.2) is 0 Å². The number of nitrogens with one attached hydrogen (secondary N) is 1. The van der Waals surface area contributed by atoms with E-state index in [2.05, 4.69) is 44.3 Å². The van der Waals surface area contributed by atoms with E-state index in [4.69, 9.17) is 16.3 Å². The maximum absolute atomic E-state index is 6.23. The van der Waals surface area contributed by atoms with Gasteiger partial charge in [0, 0.05) is 12.1 Å². The Kier molecular flexibility index (Phi) is 4.56. The van der Waals surface area contributed by atoms with Crippen molar-refractivity contribution in [3.8, 4) is 5.75 Å². The molecule has 1 N–H and O–H groups in total. The number of aryl methyl sites for hydroxylation is 2. The van der Waals surface area contributed by atoms with Crippen LogP contribution in [0.2, 0.25) is 5.02 Å². The average molecular weight is 290 g/mol. The van der Waals surface area contributed by atoms with Gasteiger partial charge < -0.3 is 10.1 Å². The van der Waals surface area contributed by atoms with E-state index in [1.54, 1.807) is 7.11 Å². The van der Waals surface area contributed by atoms with E-state index in [1.807, 2.05) is 18.2 Å². The Morgan fingerprint density at radius 1 is 1.10 bits per heavy atom. The Balaban J connectivity index is 2.25. The summed E-state index contributed by atoms with van der Waals surface area (Å²) in [6.07, 6.45) is 0. The normalized spacial score (nSPS) is 12.1. The van der Waals surface area contributed by atoms with Crippen LogP contribution in [-0.4, -0.2) is 7.11 Å². The summed E-state index contributed by atoms with van der Waals surface area (Å²) in [5.41, 5.74) is 4.72. The summed E-state index contributed by atoms with van der Waals surface area (Å²) >= 11 is 6.23. The summed E-state index contributed by atoms with van der Waals surface area (Å²) in [5, 5.41) is 4.15. The van der Waals surface area contributed by atoms with Gasteiger partial charge >= 0.3 is 0 Å². The minimum atomic E-state index is 0.181. The molecule has 0 aliphatic heterocycles. The lowest BCUT2D eigenvalue weighted by Gasteiger charge is -2.19. The molecule has 106 valence electrons. The third kappa shape index (κ3) is 3.26. The molecule has 0 amide bonds. The average Bonchev–Trinajstić information content (AvgIpc) is 2.41. The van der Waals surface area contributed by atoms with Crippen molar-refractivity contribution in [2.45, 2.75) is 26.8 Å². The van der Waals surface area contributed by atoms with Gasteiger partial charge in [-0.2, -0.15) is 0 Å². The van der Waals surface area contributed by atoms with Gasteiger partial charge in [0.05, 0.1) is 17.8 Å². The molecule has 2 aromatic carbocycles. The van der Waals surface area contributed by atoms with Gasteiger partial charge in [-0.1, -0.05) is 35.4 Å². The van der Waals surface area contributed by atoms with Crippen LogP contribution < -0.4 is 10.1 Å². The van der Waals surface area contributed by atoms with Crippen LogP contribution in [0.3, 0.4) is 0 Å². The van der Waals surface area contributed by atoms with Crippen molar-refractivity contribution in [3.05, 3.63) is 58.1 Å². The second-order valence-electron chi connectivity index (χ2n) is 5.07. The number of ether oxygens (including phenoxy) is 1. The van der Waals surface area contributed by atoms with E-state index in [-0.39, 0.29) is 6.04 Å². The molecule has 0 saturated heterocycles. The molecule has 0 saturated carbocycles. The zero-order chi connectivity index (χ0) is 14.7. The quantitative estimate of drug-likeness (QED) is 0.841. The molecule has 0 aliphatic rings. The minimum Gasteiger partial charge on any atom is -0.497 e. The Morgan fingerprint density at radius 3 is 2.50 bits per heavy atom. The van der Waals surface area contributed by atoms with Crippen LogP contribution in [0.25, 0.3) is 0 Å². The van der Waals surface area contributed by atoms with Crippen LogP contribution in [0.15, 0.2) is 36.4 Å². The lowest BCUT2D eigenvalue weighted by molar-refractivity contribution is 0.415. The second-order valence-corrected chi connectivity index (χ2v) is 5.48. The number of rotatable bonds is 4. The van der Waals surface area contributed by atoms with Crippen molar-refractivity contribution in [3.63, 3.8) is 0 Å². The standard InChI is InChI=1S/C17H20ClNO/c1-11-5-7-15(12(2)9-11)13(3)19-17-10-14(20-4)6-8-16(17)18/h5-10,13,19H,1-4H3. The molecule has 2 aromatic rings. The smallest absolute Gasteiger partial charge is 0.121 e. The third-order valence-electron chi connectivity index (χ3n) is 3.44. The van der Waals surface area contributed by atoms with Gasteiger partial charge in [-0.05, 0) is 44.0 Å². The second kappa shape index (κ2) is 6.19. The van der Waals surface area contributed by atoms with Crippen LogP contribution in [0, 0.1) is 13.8 Å². The molecule has 1 unspecified atom stereocenters. The van der Waals surface area contributed by atoms with Crippen molar-refractivity contribution < 1.29 is 4.74 Å². The van der Waals surface area contributed by atoms with E-state index in [9.17, 15) is 0 Å². The zero-order valence-corrected chi connectivity index (χ0v) is 13.1. The first kappa shape index (κ1) is 14.7. The fourth-order valence-corrected chi connectivity index (χ4v) is 2.54. The molecular weight excluding hydrogens is 270 g/mol. The van der Waals surface area contributed by atoms with E-state index in [0.29, 0.717) is 5.02 Å². The van der Waals surface area contributed by atoms with Gasteiger partial charge in [0.15, 0.2) is 0 Å². The van der Waals surface area contributed by atoms with Crippen LogP contribution in [0.4, 0.5) is 5.69 Å². The first-order valence-corrected chi connectivity index (χ1v) is 7.06. The Morgan fingerprint density at radius 2 is 1.85 bits per heavy atom. The number of hydrogen-bond donors (Lipinski definition) is 1. The van der Waals surface area contributed by atoms with Crippen molar-refractivity contribution >= 4 is 17.3 Å². The fraction of sp³-hybridized carbons (Fsp3) is 0.294. The summed E-state index contributed by atoms with van der Waals surface area (Å²) in [7, 11) is 1.65. The Labute approximate surface area is 125 Å². The van der Waals surface area contributed by atoms with Crippen LogP contribution in [0.1, 0.15) is 29.7 Å². The lowest BCUT2D eigenvalue weighted by atomic mass is 10.00. The molecule has 0 aromatic heterocycles. The molecule has 0 heterocycles. The summed E-state index contributed by atoms with van der Waals surface area (Å²) in [6, 6.07) is 12.3. The van der Waals surface area contributed by atoms with Gasteiger partial charge in [-0.15, -0.1) is 0 Å². The SMILES string of the molecule is COc1ccc(Cl)c(NC(C)c2ccc(C)cc2C)c1. The highest BCUT2D eigenvalue weighted by atomic mass is 35.5. The summed E-state index contributed by atoms with van der Waals surface area (Å²) in [6.45, 7) is 6.37. The van der Waals surface area contributed by atoms with E-state index < -0.39 is 0 Å². The van der Waals surface area contributed by atoms with Crippen LogP contribution in [0.5, 0.6) is 5.75 Å². The number of anilines is 1. The summed E-state index contributed by atoms with van der Waals surface area (Å²) < 4.78 is 5.24. The zero-order valence-electron chi connectivity index (χ0n) is 12.3. The molecular formula is C17H20ClNO. The summed E-state index contributed by atoms with van der Waals surface area (Å²) in [4.78, 5) is 0. The first-order chi connectivity index (χ1) is 9.51. The molecule has 0 fully saturated rings. The molecule has 2 rings (SSSR count). The highest BCUT2D eigenvalue weighted by Gasteiger charge is 2.11. The number of benzene rings is 2. The van der Waals surface area contributed by atoms with Crippen molar-refractivity contribution in [2.75, 3.05) is 12.4 Å². The summed E-state index contributed by atoms with van der Waals surface area (Å²) in [5.74, 6) is 0.796. The predicted molar refractivity (Wildman–Crippen MR) is 86.0 cm³/mol. The third-order valence-corrected chi connectivity index (χ3v) is 3.77. The molecule has 0 bridgehead atoms. The molecule has 20 heavy (non-hydrogen) atoms. The van der Waals surface area contributed by atoms with Crippen molar-refractivity contribution in [1.82, 2.24) is 0 Å². The fourth-order valence-electron chi connectivity index (χ4n) is 2.36. The predicted octanol–water partition coefficient (Wildman–Crippen LogP) is 5.14. The molecule has 1 atom stereocenters. The van der Waals surface area contributed by atoms with E-state index in [1.165, 1.54) is 16.7 Å². The van der Waals surface area contributed by atoms with Gasteiger partial charge in [-0.3, -0.25) is 0 Å². The lowest BCUT2D eigenvalue weighted by Crippen LogP contribution is -2.08. The van der Waals surface area contributed by atoms with E-state index >= 15 is 0 Å². The first-order valence-electron chi connectivity index (χ1n) is 6.68. The van der Waals surface area contributed by atoms with E-state index in [0.717, 1.165) is 11.4 Å². The largest absolute Gasteiger partial charge is 0.497 e. The topological polar surface area (TPSA) is 21.3 Å². The number of halogens is 1. The number of hydrogen-bond acceptors (Lipinski definition) is 2. The molecule has 0 aliphatic carbocycles. The van der Waals surface area contributed by atoms with Crippen molar-refractivity contribution in [1.29, 1.82) is 0 Å². The van der Waals surface area contributed by atoms with Gasteiger partial charge in [0.25, 0.3) is 0 Å². The number of methoxy groups -OCH3 is 1. The van der Waals surface area contributed by atoms with Gasteiger partial charge in [0.2, 0.25) is 0 Å². The minimum absolute atomic E-state index is 0.181. The van der Waals surface area contributed by atoms with Gasteiger partial charge in [0.1, 0.15) is 5.75 Å². The van der Waals surface area contributed by atoms with Crippen LogP contribution >= 0.6 is 11.6 Å². The Hall–Kier alpha value is -1.67. The highest BCUT2D eigenvalue weighted by Crippen LogP contribution is 2.30. The maximum Gasteiger partial charge on any atom is 0.121 e. The molecule has 3 heteroatoms. The van der Waals surface area contributed by atoms with Crippen LogP contribution in [-0.2, 0) is 0 Å².